The number of carbonyl (C=O) groups is 1. The first-order valence-corrected chi connectivity index (χ1v) is 16.2. The van der Waals surface area contributed by atoms with Gasteiger partial charge in [0.2, 0.25) is 0 Å². The number of hydrogen-bond donors (Lipinski definition) is 1. The Kier molecular flexibility index (Phi) is 9.21. The van der Waals surface area contributed by atoms with Crippen molar-refractivity contribution in [2.24, 2.45) is 5.92 Å². The molecule has 2 aliphatic rings. The van der Waals surface area contributed by atoms with Crippen molar-refractivity contribution in [2.45, 2.75) is 18.6 Å². The van der Waals surface area contributed by atoms with Gasteiger partial charge in [-0.2, -0.15) is 5.10 Å². The summed E-state index contributed by atoms with van der Waals surface area (Å²) in [5.41, 5.74) is 2.49. The van der Waals surface area contributed by atoms with E-state index in [4.69, 9.17) is 9.47 Å². The Labute approximate surface area is 281 Å². The quantitative estimate of drug-likeness (QED) is 0.188. The van der Waals surface area contributed by atoms with E-state index < -0.39 is 17.2 Å². The van der Waals surface area contributed by atoms with E-state index in [1.165, 1.54) is 42.7 Å². The van der Waals surface area contributed by atoms with Crippen LogP contribution in [-0.2, 0) is 16.9 Å². The van der Waals surface area contributed by atoms with Crippen molar-refractivity contribution in [2.75, 3.05) is 54.5 Å². The van der Waals surface area contributed by atoms with Gasteiger partial charge in [-0.05, 0) is 85.3 Å². The van der Waals surface area contributed by atoms with E-state index in [9.17, 15) is 18.0 Å². The fourth-order valence-corrected chi connectivity index (χ4v) is 6.54. The number of amides is 1. The number of benzene rings is 4. The van der Waals surface area contributed by atoms with Crippen LogP contribution in [0.5, 0.6) is 5.75 Å². The van der Waals surface area contributed by atoms with Crippen LogP contribution in [0, 0.1) is 23.4 Å². The van der Waals surface area contributed by atoms with Crippen LogP contribution in [0.2, 0.25) is 0 Å². The van der Waals surface area contributed by atoms with Gasteiger partial charge in [-0.1, -0.05) is 6.07 Å². The third-order valence-electron chi connectivity index (χ3n) is 9.08. The highest BCUT2D eigenvalue weighted by Gasteiger charge is 2.44. The summed E-state index contributed by atoms with van der Waals surface area (Å²) in [6.07, 6.45) is 3.44. The molecular formula is C37H35F3N6O3. The van der Waals surface area contributed by atoms with E-state index >= 15 is 0 Å². The average molecular weight is 669 g/mol. The minimum atomic E-state index is -1.02. The van der Waals surface area contributed by atoms with Crippen molar-refractivity contribution in [1.82, 2.24) is 14.8 Å². The zero-order valence-electron chi connectivity index (χ0n) is 26.6. The molecule has 5 aromatic rings. The Morgan fingerprint density at radius 3 is 2.14 bits per heavy atom. The van der Waals surface area contributed by atoms with Gasteiger partial charge in [0.25, 0.3) is 5.91 Å². The number of ether oxygens (including phenoxy) is 2. The Hall–Kier alpha value is -5.36. The Morgan fingerprint density at radius 2 is 1.51 bits per heavy atom. The Morgan fingerprint density at radius 1 is 0.857 bits per heavy atom. The minimum absolute atomic E-state index is 0.0148. The summed E-state index contributed by atoms with van der Waals surface area (Å²) in [6, 6.07) is 24.8. The second kappa shape index (κ2) is 14.0. The third kappa shape index (κ3) is 7.39. The maximum absolute atomic E-state index is 14.9. The first kappa shape index (κ1) is 32.2. The van der Waals surface area contributed by atoms with Gasteiger partial charge in [-0.3, -0.25) is 4.79 Å². The van der Waals surface area contributed by atoms with Crippen LogP contribution in [0.15, 0.2) is 104 Å². The van der Waals surface area contributed by atoms with E-state index in [0.717, 1.165) is 49.4 Å². The summed E-state index contributed by atoms with van der Waals surface area (Å²) in [4.78, 5) is 21.2. The van der Waals surface area contributed by atoms with Gasteiger partial charge in [0, 0.05) is 66.4 Å². The van der Waals surface area contributed by atoms with Gasteiger partial charge in [0.15, 0.2) is 0 Å². The number of halogens is 3. The second-order valence-electron chi connectivity index (χ2n) is 12.4. The van der Waals surface area contributed by atoms with Crippen LogP contribution in [0.1, 0.15) is 22.3 Å². The largest absolute Gasteiger partial charge is 0.493 e. The van der Waals surface area contributed by atoms with E-state index in [1.54, 1.807) is 23.1 Å². The summed E-state index contributed by atoms with van der Waals surface area (Å²) in [5, 5.41) is 6.96. The predicted molar refractivity (Wildman–Crippen MR) is 179 cm³/mol. The van der Waals surface area contributed by atoms with E-state index in [1.807, 2.05) is 36.4 Å². The van der Waals surface area contributed by atoms with Crippen molar-refractivity contribution in [3.05, 3.63) is 132 Å². The molecule has 0 aliphatic carbocycles. The monoisotopic (exact) mass is 668 g/mol. The molecule has 2 fully saturated rings. The van der Waals surface area contributed by atoms with Crippen molar-refractivity contribution in [3.8, 4) is 5.75 Å². The fraction of sp³-hybridized carbons (Fsp3) is 0.270. The molecule has 12 heteroatoms. The second-order valence-corrected chi connectivity index (χ2v) is 12.4. The van der Waals surface area contributed by atoms with Crippen LogP contribution >= 0.6 is 0 Å². The lowest BCUT2D eigenvalue weighted by atomic mass is 9.87. The van der Waals surface area contributed by atoms with Crippen LogP contribution in [-0.4, -0.2) is 60.1 Å². The molecule has 2 saturated heterocycles. The molecule has 49 heavy (non-hydrogen) atoms. The topological polar surface area (TPSA) is 84.8 Å². The molecule has 1 aromatic heterocycles. The molecule has 252 valence electrons. The molecular weight excluding hydrogens is 633 g/mol. The molecule has 0 bridgehead atoms. The number of rotatable bonds is 10. The minimum Gasteiger partial charge on any atom is -0.493 e. The SMILES string of the molecule is O=C(Nc1ccc(F)cc1)c1ccc(N2CCN(c3ccc(OC[C@@H]4CO[C@@](Cn5cncn5)(c5ccc(F)cc5F)C4)cc3)CC2)cc1. The highest BCUT2D eigenvalue weighted by atomic mass is 19.1. The molecule has 2 atom stereocenters. The van der Waals surface area contributed by atoms with E-state index in [2.05, 4.69) is 25.2 Å². The van der Waals surface area contributed by atoms with Gasteiger partial charge in [-0.25, -0.2) is 22.8 Å². The highest BCUT2D eigenvalue weighted by Crippen LogP contribution is 2.42. The molecule has 0 saturated carbocycles. The Bertz CT molecular complexity index is 1870. The summed E-state index contributed by atoms with van der Waals surface area (Å²) in [6.45, 7) is 4.31. The fourth-order valence-electron chi connectivity index (χ4n) is 6.54. The van der Waals surface area contributed by atoms with Gasteiger partial charge < -0.3 is 24.6 Å². The summed E-state index contributed by atoms with van der Waals surface area (Å²) >= 11 is 0. The maximum Gasteiger partial charge on any atom is 0.255 e. The van der Waals surface area contributed by atoms with E-state index in [-0.39, 0.29) is 24.2 Å². The lowest BCUT2D eigenvalue weighted by molar-refractivity contribution is -0.0206. The average Bonchev–Trinajstić information content (AvgIpc) is 3.79. The first-order valence-electron chi connectivity index (χ1n) is 16.2. The van der Waals surface area contributed by atoms with Crippen molar-refractivity contribution in [3.63, 3.8) is 0 Å². The smallest absolute Gasteiger partial charge is 0.255 e. The molecule has 0 spiro atoms. The lowest BCUT2D eigenvalue weighted by Crippen LogP contribution is -2.46. The number of nitrogens with zero attached hydrogens (tertiary/aromatic N) is 5. The van der Waals surface area contributed by atoms with Crippen LogP contribution in [0.25, 0.3) is 0 Å². The predicted octanol–water partition coefficient (Wildman–Crippen LogP) is 6.29. The summed E-state index contributed by atoms with van der Waals surface area (Å²) in [5.74, 6) is -1.18. The van der Waals surface area contributed by atoms with Crippen LogP contribution < -0.4 is 19.9 Å². The van der Waals surface area contributed by atoms with Gasteiger partial charge in [0.05, 0.1) is 19.8 Å². The van der Waals surface area contributed by atoms with Crippen LogP contribution in [0.4, 0.5) is 30.2 Å². The summed E-state index contributed by atoms with van der Waals surface area (Å²) in [7, 11) is 0. The third-order valence-corrected chi connectivity index (χ3v) is 9.08. The normalized spacial score (nSPS) is 19.2. The zero-order chi connectivity index (χ0) is 33.8. The van der Waals surface area contributed by atoms with Gasteiger partial charge in [0.1, 0.15) is 41.5 Å². The van der Waals surface area contributed by atoms with Crippen molar-refractivity contribution < 1.29 is 27.4 Å². The van der Waals surface area contributed by atoms with Crippen molar-refractivity contribution in [1.29, 1.82) is 0 Å². The van der Waals surface area contributed by atoms with Gasteiger partial charge >= 0.3 is 0 Å². The van der Waals surface area contributed by atoms with Crippen LogP contribution in [0.3, 0.4) is 0 Å². The number of hydrogen-bond acceptors (Lipinski definition) is 7. The molecule has 4 aromatic carbocycles. The molecule has 0 unspecified atom stereocenters. The number of piperazine rings is 1. The molecule has 2 aliphatic heterocycles. The standard InChI is InChI=1S/C37H35F3N6O3/c38-28-3-6-30(7-4-28)43-36(47)27-1-8-31(9-2-27)44-15-17-45(18-16-44)32-10-12-33(13-11-32)48-21-26-20-37(49-22-26,23-46-25-41-24-42-46)34-14-5-29(39)19-35(34)40/h1-14,19,24-26H,15-18,20-23H2,(H,43,47)/t26-,37+/m1/s1. The molecule has 9 nitrogen and oxygen atoms in total. The molecule has 0 radical (unpaired) electrons. The maximum atomic E-state index is 14.9. The molecule has 7 rings (SSSR count). The number of aromatic nitrogens is 3. The molecule has 3 heterocycles. The van der Waals surface area contributed by atoms with Gasteiger partial charge in [-0.15, -0.1) is 0 Å². The molecule has 1 amide bonds. The number of anilines is 3. The summed E-state index contributed by atoms with van der Waals surface area (Å²) < 4.78 is 55.8. The lowest BCUT2D eigenvalue weighted by Gasteiger charge is -2.37. The van der Waals surface area contributed by atoms with Crippen molar-refractivity contribution >= 4 is 23.0 Å². The molecule has 1 N–H and O–H groups in total. The Balaban J connectivity index is 0.905. The zero-order valence-corrected chi connectivity index (χ0v) is 26.6. The first-order chi connectivity index (χ1) is 23.8. The number of carbonyl (C=O) groups excluding carboxylic acids is 1. The van der Waals surface area contributed by atoms with E-state index in [0.29, 0.717) is 36.4 Å². The highest BCUT2D eigenvalue weighted by molar-refractivity contribution is 6.04. The number of nitrogens with one attached hydrogen (secondary N) is 1.